The molecule has 0 spiro atoms. The number of hydrogen-bond donors (Lipinski definition) is 3. The van der Waals surface area contributed by atoms with Crippen molar-refractivity contribution in [3.63, 3.8) is 0 Å². The summed E-state index contributed by atoms with van der Waals surface area (Å²) in [7, 11) is 0. The van der Waals surface area contributed by atoms with Gasteiger partial charge < -0.3 is 16.0 Å². The van der Waals surface area contributed by atoms with Crippen molar-refractivity contribution < 1.29 is 9.59 Å². The van der Waals surface area contributed by atoms with Crippen LogP contribution in [0.2, 0.25) is 0 Å². The predicted molar refractivity (Wildman–Crippen MR) is 95.3 cm³/mol. The number of benzene rings is 1. The van der Waals surface area contributed by atoms with Crippen LogP contribution in [0.5, 0.6) is 0 Å². The lowest BCUT2D eigenvalue weighted by Crippen LogP contribution is -2.30. The molecule has 2 amide bonds. The topological polar surface area (TPSA) is 70.2 Å². The molecule has 0 aromatic heterocycles. The maximum atomic E-state index is 12.0. The summed E-state index contributed by atoms with van der Waals surface area (Å²) in [6.07, 6.45) is 2.69. The highest BCUT2D eigenvalue weighted by Gasteiger charge is 2.18. The number of anilines is 1. The minimum Gasteiger partial charge on any atom is -0.350 e. The van der Waals surface area contributed by atoms with Crippen LogP contribution in [0.1, 0.15) is 49.0 Å². The standard InChI is InChI=1S/C17H25N3O2.ClH/c1-11(2)19-17(22)15-7-6-14(9-12(15)3)20-16(21)10-13-5-4-8-18-13;/h6-7,9,11,13,18H,4-5,8,10H2,1-3H3,(H,19,22)(H,20,21);1H. The maximum Gasteiger partial charge on any atom is 0.251 e. The number of nitrogens with one attached hydrogen (secondary N) is 3. The Kier molecular flexibility index (Phi) is 7.52. The Morgan fingerprint density at radius 2 is 2.09 bits per heavy atom. The molecule has 1 fully saturated rings. The lowest BCUT2D eigenvalue weighted by molar-refractivity contribution is -0.116. The monoisotopic (exact) mass is 339 g/mol. The summed E-state index contributed by atoms with van der Waals surface area (Å²) in [5.41, 5.74) is 2.24. The first kappa shape index (κ1) is 19.5. The average molecular weight is 340 g/mol. The molecular formula is C17H26ClN3O2. The van der Waals surface area contributed by atoms with Crippen molar-refractivity contribution in [3.8, 4) is 0 Å². The Morgan fingerprint density at radius 3 is 2.65 bits per heavy atom. The molecule has 1 atom stereocenters. The molecule has 1 aliphatic rings. The lowest BCUT2D eigenvalue weighted by Gasteiger charge is -2.13. The molecule has 0 bridgehead atoms. The molecule has 2 rings (SSSR count). The lowest BCUT2D eigenvalue weighted by atomic mass is 10.1. The second-order valence-corrected chi connectivity index (χ2v) is 6.20. The number of aryl methyl sites for hydroxylation is 1. The van der Waals surface area contributed by atoms with Crippen LogP contribution in [-0.4, -0.2) is 30.4 Å². The molecule has 1 heterocycles. The number of hydrogen-bond acceptors (Lipinski definition) is 3. The van der Waals surface area contributed by atoms with Gasteiger partial charge in [0.25, 0.3) is 5.91 Å². The molecule has 0 saturated carbocycles. The normalized spacial score (nSPS) is 16.8. The zero-order valence-electron chi connectivity index (χ0n) is 13.9. The van der Waals surface area contributed by atoms with Crippen LogP contribution in [0.25, 0.3) is 0 Å². The number of amides is 2. The van der Waals surface area contributed by atoms with Gasteiger partial charge in [0, 0.05) is 29.8 Å². The van der Waals surface area contributed by atoms with E-state index in [1.54, 1.807) is 12.1 Å². The number of rotatable bonds is 5. The third-order valence-electron chi connectivity index (χ3n) is 3.77. The Morgan fingerprint density at radius 1 is 1.35 bits per heavy atom. The summed E-state index contributed by atoms with van der Waals surface area (Å²) in [4.78, 5) is 24.0. The second-order valence-electron chi connectivity index (χ2n) is 6.20. The van der Waals surface area contributed by atoms with Crippen molar-refractivity contribution in [1.29, 1.82) is 0 Å². The van der Waals surface area contributed by atoms with Crippen molar-refractivity contribution >= 4 is 29.9 Å². The summed E-state index contributed by atoms with van der Waals surface area (Å²) in [5, 5.41) is 9.09. The van der Waals surface area contributed by atoms with Gasteiger partial charge in [0.2, 0.25) is 5.91 Å². The highest BCUT2D eigenvalue weighted by molar-refractivity contribution is 5.97. The molecule has 128 valence electrons. The summed E-state index contributed by atoms with van der Waals surface area (Å²) in [6.45, 7) is 6.73. The van der Waals surface area contributed by atoms with E-state index in [2.05, 4.69) is 16.0 Å². The van der Waals surface area contributed by atoms with Gasteiger partial charge in [-0.1, -0.05) is 0 Å². The first-order valence-electron chi connectivity index (χ1n) is 7.90. The zero-order valence-corrected chi connectivity index (χ0v) is 14.8. The van der Waals surface area contributed by atoms with Crippen LogP contribution in [0.15, 0.2) is 18.2 Å². The maximum absolute atomic E-state index is 12.0. The van der Waals surface area contributed by atoms with E-state index in [0.717, 1.165) is 30.6 Å². The number of carbonyl (C=O) groups is 2. The zero-order chi connectivity index (χ0) is 16.1. The van der Waals surface area contributed by atoms with Crippen LogP contribution >= 0.6 is 12.4 Å². The van der Waals surface area contributed by atoms with E-state index in [9.17, 15) is 9.59 Å². The minimum absolute atomic E-state index is 0. The van der Waals surface area contributed by atoms with Gasteiger partial charge in [0.1, 0.15) is 0 Å². The fourth-order valence-corrected chi connectivity index (χ4v) is 2.70. The average Bonchev–Trinajstić information content (AvgIpc) is 2.90. The molecular weight excluding hydrogens is 314 g/mol. The van der Waals surface area contributed by atoms with Crippen LogP contribution in [0, 0.1) is 6.92 Å². The van der Waals surface area contributed by atoms with Gasteiger partial charge in [-0.05, 0) is 63.9 Å². The van der Waals surface area contributed by atoms with Gasteiger partial charge in [0.15, 0.2) is 0 Å². The molecule has 1 aliphatic heterocycles. The number of halogens is 1. The minimum atomic E-state index is -0.0828. The summed E-state index contributed by atoms with van der Waals surface area (Å²) in [6, 6.07) is 5.77. The molecule has 1 unspecified atom stereocenters. The molecule has 0 aliphatic carbocycles. The summed E-state index contributed by atoms with van der Waals surface area (Å²) in [5.74, 6) is -0.0706. The SMILES string of the molecule is Cc1cc(NC(=O)CC2CCCN2)ccc1C(=O)NC(C)C.Cl. The molecule has 3 N–H and O–H groups in total. The first-order valence-corrected chi connectivity index (χ1v) is 7.90. The summed E-state index contributed by atoms with van der Waals surface area (Å²) < 4.78 is 0. The van der Waals surface area contributed by atoms with E-state index in [1.165, 1.54) is 0 Å². The van der Waals surface area contributed by atoms with Crippen molar-refractivity contribution in [2.75, 3.05) is 11.9 Å². The van der Waals surface area contributed by atoms with E-state index in [1.807, 2.05) is 26.8 Å². The van der Waals surface area contributed by atoms with Crippen molar-refractivity contribution in [2.24, 2.45) is 0 Å². The molecule has 1 saturated heterocycles. The second kappa shape index (κ2) is 8.89. The van der Waals surface area contributed by atoms with E-state index in [4.69, 9.17) is 0 Å². The summed E-state index contributed by atoms with van der Waals surface area (Å²) >= 11 is 0. The highest BCUT2D eigenvalue weighted by Crippen LogP contribution is 2.17. The predicted octanol–water partition coefficient (Wildman–Crippen LogP) is 2.64. The van der Waals surface area contributed by atoms with Crippen LogP contribution in [-0.2, 0) is 4.79 Å². The van der Waals surface area contributed by atoms with Gasteiger partial charge >= 0.3 is 0 Å². The molecule has 23 heavy (non-hydrogen) atoms. The van der Waals surface area contributed by atoms with Gasteiger partial charge in [-0.3, -0.25) is 9.59 Å². The van der Waals surface area contributed by atoms with Crippen LogP contribution in [0.3, 0.4) is 0 Å². The first-order chi connectivity index (χ1) is 10.5. The van der Waals surface area contributed by atoms with Crippen molar-refractivity contribution in [2.45, 2.75) is 52.1 Å². The van der Waals surface area contributed by atoms with E-state index < -0.39 is 0 Å². The van der Waals surface area contributed by atoms with Gasteiger partial charge in [0.05, 0.1) is 0 Å². The Labute approximate surface area is 144 Å². The molecule has 1 aromatic rings. The Hall–Kier alpha value is -1.59. The molecule has 5 nitrogen and oxygen atoms in total. The quantitative estimate of drug-likeness (QED) is 0.772. The third-order valence-corrected chi connectivity index (χ3v) is 3.77. The van der Waals surface area contributed by atoms with Crippen LogP contribution in [0.4, 0.5) is 5.69 Å². The molecule has 1 aromatic carbocycles. The van der Waals surface area contributed by atoms with Crippen molar-refractivity contribution in [3.05, 3.63) is 29.3 Å². The molecule has 0 radical (unpaired) electrons. The van der Waals surface area contributed by atoms with E-state index in [-0.39, 0.29) is 36.3 Å². The largest absolute Gasteiger partial charge is 0.350 e. The molecule has 6 heteroatoms. The highest BCUT2D eigenvalue weighted by atomic mass is 35.5. The smallest absolute Gasteiger partial charge is 0.251 e. The van der Waals surface area contributed by atoms with E-state index >= 15 is 0 Å². The fraction of sp³-hybridized carbons (Fsp3) is 0.529. The van der Waals surface area contributed by atoms with E-state index in [0.29, 0.717) is 12.0 Å². The van der Waals surface area contributed by atoms with Crippen molar-refractivity contribution in [1.82, 2.24) is 10.6 Å². The fourth-order valence-electron chi connectivity index (χ4n) is 2.70. The van der Waals surface area contributed by atoms with Gasteiger partial charge in [-0.15, -0.1) is 12.4 Å². The van der Waals surface area contributed by atoms with Crippen LogP contribution < -0.4 is 16.0 Å². The third kappa shape index (κ3) is 5.84. The number of carbonyl (C=O) groups excluding carboxylic acids is 2. The van der Waals surface area contributed by atoms with Gasteiger partial charge in [-0.25, -0.2) is 0 Å². The Bertz CT molecular complexity index is 555. The Balaban J connectivity index is 0.00000264. The van der Waals surface area contributed by atoms with Gasteiger partial charge in [-0.2, -0.15) is 0 Å².